The Kier molecular flexibility index (Phi) is 10.5. The summed E-state index contributed by atoms with van der Waals surface area (Å²) in [6.07, 6.45) is 2.64. The van der Waals surface area contributed by atoms with Gasteiger partial charge in [0.25, 0.3) is 5.91 Å². The predicted molar refractivity (Wildman–Crippen MR) is 175 cm³/mol. The molecular formula is C32H35N5O7S2. The van der Waals surface area contributed by atoms with Gasteiger partial charge >= 0.3 is 5.97 Å². The number of methoxy groups -OCH3 is 3. The van der Waals surface area contributed by atoms with E-state index in [9.17, 15) is 14.4 Å². The van der Waals surface area contributed by atoms with Crippen molar-refractivity contribution in [1.29, 1.82) is 0 Å². The molecule has 2 aromatic carbocycles. The molecule has 46 heavy (non-hydrogen) atoms. The third-order valence-electron chi connectivity index (χ3n) is 7.37. The smallest absolute Gasteiger partial charge is 0.341 e. The number of carbonyl (C=O) groups excluding carboxylic acids is 3. The number of nitrogens with one attached hydrogen (secondary N) is 2. The first-order valence-electron chi connectivity index (χ1n) is 14.7. The quantitative estimate of drug-likeness (QED) is 0.147. The van der Waals surface area contributed by atoms with E-state index in [0.29, 0.717) is 50.0 Å². The number of amides is 2. The van der Waals surface area contributed by atoms with Crippen LogP contribution in [0, 0.1) is 0 Å². The van der Waals surface area contributed by atoms with Gasteiger partial charge in [0.15, 0.2) is 22.5 Å². The molecule has 4 aromatic rings. The maximum atomic E-state index is 13.5. The first kappa shape index (κ1) is 32.8. The summed E-state index contributed by atoms with van der Waals surface area (Å²) in [5.41, 5.74) is 2.44. The summed E-state index contributed by atoms with van der Waals surface area (Å²) in [6.45, 7) is 3.79. The monoisotopic (exact) mass is 665 g/mol. The Hall–Kier alpha value is -4.56. The van der Waals surface area contributed by atoms with E-state index in [0.717, 1.165) is 29.7 Å². The van der Waals surface area contributed by atoms with E-state index in [1.54, 1.807) is 49.8 Å². The van der Waals surface area contributed by atoms with E-state index in [2.05, 4.69) is 20.8 Å². The molecule has 0 saturated heterocycles. The highest BCUT2D eigenvalue weighted by Gasteiger charge is 2.30. The Balaban J connectivity index is 1.38. The lowest BCUT2D eigenvalue weighted by Crippen LogP contribution is -2.25. The molecule has 1 aliphatic rings. The van der Waals surface area contributed by atoms with Gasteiger partial charge in [0.1, 0.15) is 10.8 Å². The van der Waals surface area contributed by atoms with Crippen LogP contribution in [0.25, 0.3) is 5.69 Å². The highest BCUT2D eigenvalue weighted by molar-refractivity contribution is 8.00. The van der Waals surface area contributed by atoms with Gasteiger partial charge in [-0.3, -0.25) is 14.2 Å². The number of hydrogen-bond acceptors (Lipinski definition) is 11. The molecular weight excluding hydrogens is 631 g/mol. The molecule has 0 bridgehead atoms. The zero-order valence-electron chi connectivity index (χ0n) is 26.2. The molecule has 0 spiro atoms. The van der Waals surface area contributed by atoms with Crippen molar-refractivity contribution >= 4 is 45.9 Å². The van der Waals surface area contributed by atoms with Gasteiger partial charge in [-0.15, -0.1) is 21.5 Å². The average molecular weight is 666 g/mol. The number of ether oxygens (including phenoxy) is 4. The first-order valence-corrected chi connectivity index (χ1v) is 16.4. The topological polar surface area (TPSA) is 143 Å². The second kappa shape index (κ2) is 14.7. The largest absolute Gasteiger partial charge is 0.495 e. The molecule has 5 rings (SSSR count). The van der Waals surface area contributed by atoms with Crippen LogP contribution in [0.1, 0.15) is 57.2 Å². The Morgan fingerprint density at radius 1 is 1.00 bits per heavy atom. The van der Waals surface area contributed by atoms with Gasteiger partial charge in [-0.2, -0.15) is 0 Å². The molecule has 0 radical (unpaired) electrons. The minimum atomic E-state index is -0.626. The van der Waals surface area contributed by atoms with E-state index < -0.39 is 11.2 Å². The molecule has 2 N–H and O–H groups in total. The Morgan fingerprint density at radius 3 is 2.50 bits per heavy atom. The van der Waals surface area contributed by atoms with E-state index in [1.165, 1.54) is 37.3 Å². The molecule has 2 amide bonds. The summed E-state index contributed by atoms with van der Waals surface area (Å²) in [5.74, 6) is 0.850. The fourth-order valence-corrected chi connectivity index (χ4v) is 7.28. The number of aromatic nitrogens is 3. The van der Waals surface area contributed by atoms with Gasteiger partial charge in [-0.1, -0.05) is 23.9 Å². The summed E-state index contributed by atoms with van der Waals surface area (Å²) in [4.78, 5) is 40.5. The lowest BCUT2D eigenvalue weighted by atomic mass is 10.1. The lowest BCUT2D eigenvalue weighted by molar-refractivity contribution is -0.115. The Morgan fingerprint density at radius 2 is 1.76 bits per heavy atom. The molecule has 0 saturated carbocycles. The van der Waals surface area contributed by atoms with Crippen molar-refractivity contribution in [1.82, 2.24) is 20.1 Å². The van der Waals surface area contributed by atoms with Gasteiger partial charge in [0.05, 0.1) is 51.0 Å². The van der Waals surface area contributed by atoms with E-state index in [4.69, 9.17) is 18.9 Å². The van der Waals surface area contributed by atoms with Crippen LogP contribution in [-0.4, -0.2) is 65.7 Å². The molecule has 0 aliphatic heterocycles. The SMILES string of the molecule is CCOC(=O)c1c(NC(=O)C(C)Sc2nnc(CNC(=O)c3ccc(OC)c(OC)c3)n2-c2ccccc2OC)sc2c1CCC2. The van der Waals surface area contributed by atoms with Crippen LogP contribution in [0.5, 0.6) is 17.2 Å². The summed E-state index contributed by atoms with van der Waals surface area (Å²) in [6, 6.07) is 12.2. The summed E-state index contributed by atoms with van der Waals surface area (Å²) in [7, 11) is 4.59. The number of benzene rings is 2. The number of hydrogen-bond donors (Lipinski definition) is 2. The molecule has 0 fully saturated rings. The number of aryl methyl sites for hydroxylation is 1. The summed E-state index contributed by atoms with van der Waals surface area (Å²) >= 11 is 2.62. The molecule has 2 heterocycles. The van der Waals surface area contributed by atoms with Crippen molar-refractivity contribution in [3.63, 3.8) is 0 Å². The minimum absolute atomic E-state index is 0.0308. The lowest BCUT2D eigenvalue weighted by Gasteiger charge is -2.16. The van der Waals surface area contributed by atoms with Crippen LogP contribution in [-0.2, 0) is 28.9 Å². The number of nitrogens with zero attached hydrogens (tertiary/aromatic N) is 3. The first-order chi connectivity index (χ1) is 22.3. The second-order valence-electron chi connectivity index (χ2n) is 10.2. The number of anilines is 1. The van der Waals surface area contributed by atoms with Crippen LogP contribution in [0.15, 0.2) is 47.6 Å². The zero-order valence-corrected chi connectivity index (χ0v) is 27.8. The Bertz CT molecular complexity index is 1750. The van der Waals surface area contributed by atoms with Gasteiger partial charge in [-0.05, 0) is 69.0 Å². The minimum Gasteiger partial charge on any atom is -0.495 e. The maximum Gasteiger partial charge on any atom is 0.341 e. The van der Waals surface area contributed by atoms with Crippen molar-refractivity contribution in [3.05, 3.63) is 69.9 Å². The van der Waals surface area contributed by atoms with Gasteiger partial charge in [0.2, 0.25) is 5.91 Å². The van der Waals surface area contributed by atoms with E-state index >= 15 is 0 Å². The van der Waals surface area contributed by atoms with Crippen molar-refractivity contribution in [2.75, 3.05) is 33.3 Å². The number of esters is 1. The van der Waals surface area contributed by atoms with Crippen molar-refractivity contribution < 1.29 is 33.3 Å². The van der Waals surface area contributed by atoms with Crippen LogP contribution in [0.3, 0.4) is 0 Å². The normalized spacial score (nSPS) is 12.6. The number of fused-ring (bicyclic) bond motifs is 1. The van der Waals surface area contributed by atoms with Gasteiger partial charge in [0, 0.05) is 10.4 Å². The van der Waals surface area contributed by atoms with Crippen LogP contribution < -0.4 is 24.8 Å². The highest BCUT2D eigenvalue weighted by Crippen LogP contribution is 2.40. The molecule has 12 nitrogen and oxygen atoms in total. The Labute approximate surface area is 274 Å². The van der Waals surface area contributed by atoms with Crippen LogP contribution >= 0.6 is 23.1 Å². The van der Waals surface area contributed by atoms with Crippen molar-refractivity contribution in [2.24, 2.45) is 0 Å². The predicted octanol–water partition coefficient (Wildman–Crippen LogP) is 5.07. The number of carbonyl (C=O) groups is 3. The number of thioether (sulfide) groups is 1. The van der Waals surface area contributed by atoms with Crippen molar-refractivity contribution in [2.45, 2.75) is 50.1 Å². The third kappa shape index (κ3) is 6.82. The number of thiophene rings is 1. The van der Waals surface area contributed by atoms with Crippen LogP contribution in [0.4, 0.5) is 5.00 Å². The molecule has 1 unspecified atom stereocenters. The molecule has 242 valence electrons. The van der Waals surface area contributed by atoms with E-state index in [-0.39, 0.29) is 25.0 Å². The summed E-state index contributed by atoms with van der Waals surface area (Å²) < 4.78 is 23.3. The number of para-hydroxylation sites is 2. The van der Waals surface area contributed by atoms with Gasteiger partial charge in [-0.25, -0.2) is 4.79 Å². The molecule has 1 atom stereocenters. The van der Waals surface area contributed by atoms with Gasteiger partial charge < -0.3 is 29.6 Å². The molecule has 14 heteroatoms. The standard InChI is InChI=1S/C32H35N5O7S2/c1-6-44-31(40)27-20-10-9-13-25(20)46-30(27)34-28(38)18(2)45-32-36-35-26(37(32)21-11-7-8-12-22(21)41-3)17-33-29(39)19-14-15-23(42-4)24(16-19)43-5/h7-8,11-12,14-16,18H,6,9-10,13,17H2,1-5H3,(H,33,39)(H,34,38). The second-order valence-corrected chi connectivity index (χ2v) is 12.6. The third-order valence-corrected chi connectivity index (χ3v) is 9.62. The molecule has 2 aromatic heterocycles. The zero-order chi connectivity index (χ0) is 32.8. The number of rotatable bonds is 13. The summed E-state index contributed by atoms with van der Waals surface area (Å²) in [5, 5.41) is 14.9. The molecule has 1 aliphatic carbocycles. The average Bonchev–Trinajstić information content (AvgIpc) is 3.78. The fraction of sp³-hybridized carbons (Fsp3) is 0.344. The van der Waals surface area contributed by atoms with Crippen molar-refractivity contribution in [3.8, 4) is 22.9 Å². The van der Waals surface area contributed by atoms with Crippen LogP contribution in [0.2, 0.25) is 0 Å². The fourth-order valence-electron chi connectivity index (χ4n) is 5.12. The van der Waals surface area contributed by atoms with E-state index in [1.807, 2.05) is 18.2 Å². The maximum absolute atomic E-state index is 13.5. The highest BCUT2D eigenvalue weighted by atomic mass is 32.2.